The van der Waals surface area contributed by atoms with Crippen molar-refractivity contribution in [3.63, 3.8) is 0 Å². The Morgan fingerprint density at radius 1 is 1.19 bits per heavy atom. The Bertz CT molecular complexity index is 886. The number of amides is 1. The molecule has 0 atom stereocenters. The normalized spacial score (nSPS) is 11.6. The number of nitrogen functional groups attached to an aromatic ring is 1. The van der Waals surface area contributed by atoms with Gasteiger partial charge in [0.25, 0.3) is 5.91 Å². The largest absolute Gasteiger partial charge is 0.416 e. The van der Waals surface area contributed by atoms with E-state index in [0.29, 0.717) is 5.69 Å². The highest BCUT2D eigenvalue weighted by Crippen LogP contribution is 2.30. The summed E-state index contributed by atoms with van der Waals surface area (Å²) in [4.78, 5) is 12.1. The first-order valence-electron chi connectivity index (χ1n) is 7.11. The van der Waals surface area contributed by atoms with Gasteiger partial charge in [0.15, 0.2) is 0 Å². The quantitative estimate of drug-likeness (QED) is 0.416. The molecule has 0 aliphatic heterocycles. The molecule has 2 rings (SSSR count). The first-order chi connectivity index (χ1) is 12.2. The molecule has 0 aliphatic rings. The van der Waals surface area contributed by atoms with Crippen LogP contribution < -0.4 is 16.4 Å². The molecule has 0 aromatic heterocycles. The third kappa shape index (κ3) is 4.91. The first kappa shape index (κ1) is 19.1. The predicted molar refractivity (Wildman–Crippen MR) is 93.3 cm³/mol. The lowest BCUT2D eigenvalue weighted by Gasteiger charge is -2.09. The number of rotatable bonds is 4. The van der Waals surface area contributed by atoms with Crippen LogP contribution in [0.5, 0.6) is 0 Å². The van der Waals surface area contributed by atoms with Gasteiger partial charge in [-0.3, -0.25) is 4.79 Å². The van der Waals surface area contributed by atoms with Crippen molar-refractivity contribution in [2.45, 2.75) is 6.18 Å². The van der Waals surface area contributed by atoms with E-state index in [4.69, 9.17) is 22.6 Å². The lowest BCUT2D eigenvalue weighted by molar-refractivity contribution is -0.137. The zero-order valence-electron chi connectivity index (χ0n) is 13.1. The molecule has 0 saturated heterocycles. The minimum atomic E-state index is -4.44. The number of carbonyl (C=O) groups excluding carboxylic acids is 1. The van der Waals surface area contributed by atoms with Gasteiger partial charge >= 0.3 is 6.18 Å². The van der Waals surface area contributed by atoms with Crippen LogP contribution >= 0.6 is 11.6 Å². The van der Waals surface area contributed by atoms with Crippen molar-refractivity contribution in [2.24, 2.45) is 0 Å². The SMILES string of the molecule is N#C/C(=C/Nc1ccc(C(F)(F)F)cc1)C(=O)Nc1ccc(N)cc1Cl. The monoisotopic (exact) mass is 380 g/mol. The van der Waals surface area contributed by atoms with E-state index in [1.165, 1.54) is 30.3 Å². The lowest BCUT2D eigenvalue weighted by atomic mass is 10.2. The molecule has 0 radical (unpaired) electrons. The number of nitrogens with two attached hydrogens (primary N) is 1. The summed E-state index contributed by atoms with van der Waals surface area (Å²) in [5.41, 5.74) is 5.41. The zero-order chi connectivity index (χ0) is 19.3. The van der Waals surface area contributed by atoms with Gasteiger partial charge in [-0.05, 0) is 42.5 Å². The van der Waals surface area contributed by atoms with Crippen LogP contribution in [0.1, 0.15) is 5.56 Å². The second kappa shape index (κ2) is 7.80. The summed E-state index contributed by atoms with van der Waals surface area (Å²) >= 11 is 5.94. The minimum Gasteiger partial charge on any atom is -0.399 e. The van der Waals surface area contributed by atoms with Crippen LogP contribution in [0.3, 0.4) is 0 Å². The van der Waals surface area contributed by atoms with Crippen LogP contribution in [0.25, 0.3) is 0 Å². The van der Waals surface area contributed by atoms with E-state index < -0.39 is 17.6 Å². The average Bonchev–Trinajstić information content (AvgIpc) is 2.57. The first-order valence-corrected chi connectivity index (χ1v) is 7.49. The molecule has 9 heteroatoms. The summed E-state index contributed by atoms with van der Waals surface area (Å²) in [7, 11) is 0. The molecule has 4 N–H and O–H groups in total. The van der Waals surface area contributed by atoms with E-state index in [1.54, 1.807) is 6.07 Å². The summed E-state index contributed by atoms with van der Waals surface area (Å²) in [6.45, 7) is 0. The Morgan fingerprint density at radius 3 is 2.38 bits per heavy atom. The molecule has 0 bridgehead atoms. The van der Waals surface area contributed by atoms with E-state index in [0.717, 1.165) is 18.3 Å². The third-order valence-electron chi connectivity index (χ3n) is 3.20. The van der Waals surface area contributed by atoms with E-state index in [-0.39, 0.29) is 22.0 Å². The number of nitriles is 1. The van der Waals surface area contributed by atoms with Crippen LogP contribution in [-0.2, 0) is 11.0 Å². The van der Waals surface area contributed by atoms with Crippen molar-refractivity contribution in [3.8, 4) is 6.07 Å². The molecule has 0 spiro atoms. The molecule has 2 aromatic carbocycles. The standard InChI is InChI=1S/C17H12ClF3N4O/c18-14-7-12(23)3-6-15(14)25-16(26)10(8-22)9-24-13-4-1-11(2-5-13)17(19,20)21/h1-7,9,24H,23H2,(H,25,26)/b10-9-. The van der Waals surface area contributed by atoms with Crippen LogP contribution in [0, 0.1) is 11.3 Å². The molecule has 0 saturated carbocycles. The van der Waals surface area contributed by atoms with Crippen LogP contribution in [-0.4, -0.2) is 5.91 Å². The number of carbonyl (C=O) groups is 1. The van der Waals surface area contributed by atoms with Gasteiger partial charge in [-0.25, -0.2) is 0 Å². The second-order valence-corrected chi connectivity index (χ2v) is 5.49. The number of hydrogen-bond acceptors (Lipinski definition) is 4. The van der Waals surface area contributed by atoms with Gasteiger partial charge in [-0.2, -0.15) is 18.4 Å². The minimum absolute atomic E-state index is 0.200. The summed E-state index contributed by atoms with van der Waals surface area (Å²) in [6, 6.07) is 10.3. The number of anilines is 3. The maximum Gasteiger partial charge on any atom is 0.416 e. The maximum absolute atomic E-state index is 12.5. The highest BCUT2D eigenvalue weighted by atomic mass is 35.5. The molecular formula is C17H12ClF3N4O. The number of benzene rings is 2. The van der Waals surface area contributed by atoms with Crippen molar-refractivity contribution in [1.29, 1.82) is 5.26 Å². The molecular weight excluding hydrogens is 369 g/mol. The Balaban J connectivity index is 2.09. The van der Waals surface area contributed by atoms with Crippen LogP contribution in [0.4, 0.5) is 30.2 Å². The number of hydrogen-bond donors (Lipinski definition) is 3. The predicted octanol–water partition coefficient (Wildman–Crippen LogP) is 4.40. The van der Waals surface area contributed by atoms with Gasteiger partial charge < -0.3 is 16.4 Å². The highest BCUT2D eigenvalue weighted by molar-refractivity contribution is 6.34. The van der Waals surface area contributed by atoms with Gasteiger partial charge in [0.05, 0.1) is 16.3 Å². The van der Waals surface area contributed by atoms with Gasteiger partial charge in [-0.15, -0.1) is 0 Å². The number of nitrogens with zero attached hydrogens (tertiary/aromatic N) is 1. The van der Waals surface area contributed by atoms with Crippen molar-refractivity contribution >= 4 is 34.6 Å². The van der Waals surface area contributed by atoms with Crippen molar-refractivity contribution in [3.05, 3.63) is 64.8 Å². The number of alkyl halides is 3. The van der Waals surface area contributed by atoms with Gasteiger partial charge in [0, 0.05) is 17.6 Å². The molecule has 26 heavy (non-hydrogen) atoms. The smallest absolute Gasteiger partial charge is 0.399 e. The summed E-state index contributed by atoms with van der Waals surface area (Å²) in [5, 5.41) is 14.3. The van der Waals surface area contributed by atoms with Crippen LogP contribution in [0.2, 0.25) is 5.02 Å². The summed E-state index contributed by atoms with van der Waals surface area (Å²) in [6.07, 6.45) is -3.35. The van der Waals surface area contributed by atoms with Crippen molar-refractivity contribution in [1.82, 2.24) is 0 Å². The highest BCUT2D eigenvalue weighted by Gasteiger charge is 2.29. The van der Waals surface area contributed by atoms with E-state index in [9.17, 15) is 18.0 Å². The topological polar surface area (TPSA) is 90.9 Å². The van der Waals surface area contributed by atoms with E-state index >= 15 is 0 Å². The Morgan fingerprint density at radius 2 is 1.85 bits per heavy atom. The fraction of sp³-hybridized carbons (Fsp3) is 0.0588. The Kier molecular flexibility index (Phi) is 5.75. The number of halogens is 4. The van der Waals surface area contributed by atoms with E-state index in [1.807, 2.05) is 0 Å². The molecule has 0 aliphatic carbocycles. The lowest BCUT2D eigenvalue weighted by Crippen LogP contribution is -2.15. The van der Waals surface area contributed by atoms with Gasteiger partial charge in [-0.1, -0.05) is 11.6 Å². The summed E-state index contributed by atoms with van der Waals surface area (Å²) in [5.74, 6) is -0.737. The molecule has 5 nitrogen and oxygen atoms in total. The Labute approximate surface area is 151 Å². The van der Waals surface area contributed by atoms with Crippen molar-refractivity contribution in [2.75, 3.05) is 16.4 Å². The van der Waals surface area contributed by atoms with Crippen LogP contribution in [0.15, 0.2) is 54.2 Å². The third-order valence-corrected chi connectivity index (χ3v) is 3.51. The van der Waals surface area contributed by atoms with Gasteiger partial charge in [0.2, 0.25) is 0 Å². The fourth-order valence-electron chi connectivity index (χ4n) is 1.88. The average molecular weight is 381 g/mol. The maximum atomic E-state index is 12.5. The van der Waals surface area contributed by atoms with E-state index in [2.05, 4.69) is 10.6 Å². The summed E-state index contributed by atoms with van der Waals surface area (Å²) < 4.78 is 37.5. The second-order valence-electron chi connectivity index (χ2n) is 5.08. The zero-order valence-corrected chi connectivity index (χ0v) is 13.8. The molecule has 0 heterocycles. The molecule has 0 unspecified atom stereocenters. The van der Waals surface area contributed by atoms with Crippen molar-refractivity contribution < 1.29 is 18.0 Å². The molecule has 1 amide bonds. The van der Waals surface area contributed by atoms with Gasteiger partial charge in [0.1, 0.15) is 11.6 Å². The fourth-order valence-corrected chi connectivity index (χ4v) is 2.12. The number of nitrogens with one attached hydrogen (secondary N) is 2. The molecule has 134 valence electrons. The molecule has 0 fully saturated rings. The Hall–Kier alpha value is -3.18. The molecule has 2 aromatic rings.